The Kier molecular flexibility index (Phi) is 8.11. The highest BCUT2D eigenvalue weighted by Gasteiger charge is 2.20. The van der Waals surface area contributed by atoms with Gasteiger partial charge in [0.2, 0.25) is 5.91 Å². The molecule has 11 heteroatoms. The third-order valence-electron chi connectivity index (χ3n) is 4.65. The number of fused-ring (bicyclic) bond motifs is 1. The van der Waals surface area contributed by atoms with Crippen LogP contribution >= 0.6 is 11.8 Å². The summed E-state index contributed by atoms with van der Waals surface area (Å²) in [6.07, 6.45) is -1.20. The number of rotatable bonds is 8. The van der Waals surface area contributed by atoms with Crippen molar-refractivity contribution in [3.63, 3.8) is 0 Å². The molecule has 0 saturated carbocycles. The number of halogens is 3. The van der Waals surface area contributed by atoms with Gasteiger partial charge in [-0.2, -0.15) is 0 Å². The number of para-hydroxylation sites is 1. The zero-order valence-electron chi connectivity index (χ0n) is 18.2. The van der Waals surface area contributed by atoms with E-state index in [2.05, 4.69) is 10.3 Å². The van der Waals surface area contributed by atoms with E-state index in [4.69, 9.17) is 4.74 Å². The second kappa shape index (κ2) is 11.0. The van der Waals surface area contributed by atoms with E-state index < -0.39 is 53.6 Å². The van der Waals surface area contributed by atoms with Crippen LogP contribution in [0.5, 0.6) is 0 Å². The lowest BCUT2D eigenvalue weighted by atomic mass is 10.1. The molecule has 0 aliphatic carbocycles. The molecule has 3 aromatic rings. The summed E-state index contributed by atoms with van der Waals surface area (Å²) < 4.78 is 44.8. The van der Waals surface area contributed by atoms with Crippen LogP contribution in [0.4, 0.5) is 18.9 Å². The number of aryl methyl sites for hydroxylation is 1. The first kappa shape index (κ1) is 25.0. The fourth-order valence-corrected chi connectivity index (χ4v) is 3.69. The van der Waals surface area contributed by atoms with Crippen molar-refractivity contribution in [1.82, 2.24) is 10.3 Å². The number of anilines is 1. The van der Waals surface area contributed by atoms with Gasteiger partial charge in [-0.1, -0.05) is 30.0 Å². The number of benzene rings is 2. The maximum atomic E-state index is 13.6. The summed E-state index contributed by atoms with van der Waals surface area (Å²) in [6.45, 7) is 2.66. The average molecular weight is 491 g/mol. The van der Waals surface area contributed by atoms with Crippen LogP contribution in [0.2, 0.25) is 0 Å². The molecular weight excluding hydrogens is 471 g/mol. The summed E-state index contributed by atoms with van der Waals surface area (Å²) in [5.74, 6) is -7.08. The van der Waals surface area contributed by atoms with E-state index in [1.54, 1.807) is 0 Å². The van der Waals surface area contributed by atoms with E-state index >= 15 is 0 Å². The molecule has 0 aliphatic heterocycles. The van der Waals surface area contributed by atoms with Crippen molar-refractivity contribution in [1.29, 1.82) is 0 Å². The van der Waals surface area contributed by atoms with Gasteiger partial charge in [-0.15, -0.1) is 0 Å². The number of carbonyl (C=O) groups excluding carboxylic acids is 3. The quantitative estimate of drug-likeness (QED) is 0.283. The molecule has 2 amide bonds. The Labute approximate surface area is 197 Å². The van der Waals surface area contributed by atoms with Crippen LogP contribution < -0.4 is 10.6 Å². The van der Waals surface area contributed by atoms with E-state index in [9.17, 15) is 27.6 Å². The number of ether oxygens (including phenoxy) is 1. The van der Waals surface area contributed by atoms with E-state index in [0.29, 0.717) is 11.1 Å². The van der Waals surface area contributed by atoms with Gasteiger partial charge in [-0.3, -0.25) is 14.4 Å². The van der Waals surface area contributed by atoms with Gasteiger partial charge in [-0.05, 0) is 43.7 Å². The lowest BCUT2D eigenvalue weighted by molar-refractivity contribution is -0.152. The molecule has 7 nitrogen and oxygen atoms in total. The highest BCUT2D eigenvalue weighted by atomic mass is 32.2. The van der Waals surface area contributed by atoms with Gasteiger partial charge < -0.3 is 15.4 Å². The molecule has 0 aliphatic rings. The number of hydrogen-bond donors (Lipinski definition) is 2. The SMILES string of the molecule is Cc1cc(SCC(=O)O[C@H](C)C(=O)NCC(=O)Nc2ccc(F)c(F)c2F)nc2ccccc12. The van der Waals surface area contributed by atoms with Crippen molar-refractivity contribution < 1.29 is 32.3 Å². The third-order valence-corrected chi connectivity index (χ3v) is 5.53. The van der Waals surface area contributed by atoms with Crippen LogP contribution in [0.15, 0.2) is 47.5 Å². The summed E-state index contributed by atoms with van der Waals surface area (Å²) in [4.78, 5) is 40.6. The zero-order chi connectivity index (χ0) is 24.8. The summed E-state index contributed by atoms with van der Waals surface area (Å²) in [5, 5.41) is 5.87. The highest BCUT2D eigenvalue weighted by molar-refractivity contribution is 7.99. The normalized spacial score (nSPS) is 11.7. The molecule has 0 unspecified atom stereocenters. The molecule has 1 atom stereocenters. The first-order valence-electron chi connectivity index (χ1n) is 10.1. The summed E-state index contributed by atoms with van der Waals surface area (Å²) in [5.41, 5.74) is 1.23. The topological polar surface area (TPSA) is 97.4 Å². The van der Waals surface area contributed by atoms with Crippen LogP contribution in [0.1, 0.15) is 12.5 Å². The number of hydrogen-bond acceptors (Lipinski definition) is 6. The smallest absolute Gasteiger partial charge is 0.317 e. The van der Waals surface area contributed by atoms with Crippen LogP contribution in [0, 0.1) is 24.4 Å². The number of esters is 1. The van der Waals surface area contributed by atoms with Gasteiger partial charge >= 0.3 is 5.97 Å². The van der Waals surface area contributed by atoms with Crippen molar-refractivity contribution in [3.8, 4) is 0 Å². The van der Waals surface area contributed by atoms with E-state index in [0.717, 1.165) is 34.3 Å². The van der Waals surface area contributed by atoms with E-state index in [1.807, 2.05) is 42.6 Å². The minimum Gasteiger partial charge on any atom is -0.452 e. The average Bonchev–Trinajstić information content (AvgIpc) is 2.81. The largest absolute Gasteiger partial charge is 0.452 e. The number of nitrogens with one attached hydrogen (secondary N) is 2. The molecular formula is C23H20F3N3O4S. The van der Waals surface area contributed by atoms with E-state index in [1.165, 1.54) is 6.92 Å². The fourth-order valence-electron chi connectivity index (χ4n) is 2.94. The van der Waals surface area contributed by atoms with Crippen molar-refractivity contribution in [2.75, 3.05) is 17.6 Å². The number of carbonyl (C=O) groups is 3. The summed E-state index contributed by atoms with van der Waals surface area (Å²) in [7, 11) is 0. The molecule has 178 valence electrons. The Morgan fingerprint density at radius 1 is 1.09 bits per heavy atom. The van der Waals surface area contributed by atoms with Crippen molar-refractivity contribution in [2.24, 2.45) is 0 Å². The molecule has 1 heterocycles. The van der Waals surface area contributed by atoms with Crippen LogP contribution in [0.25, 0.3) is 10.9 Å². The standard InChI is InChI=1S/C23H20F3N3O4S/c1-12-9-19(29-16-6-4-3-5-14(12)16)34-11-20(31)33-13(2)23(32)27-10-18(30)28-17-8-7-15(24)21(25)22(17)26/h3-9,13H,10-11H2,1-2H3,(H,27,32)(H,28,30)/t13-/m1/s1. The predicted molar refractivity (Wildman–Crippen MR) is 121 cm³/mol. The highest BCUT2D eigenvalue weighted by Crippen LogP contribution is 2.24. The third kappa shape index (κ3) is 6.25. The summed E-state index contributed by atoms with van der Waals surface area (Å²) in [6, 6.07) is 11.0. The van der Waals surface area contributed by atoms with Crippen molar-refractivity contribution in [2.45, 2.75) is 25.0 Å². The number of pyridine rings is 1. The maximum absolute atomic E-state index is 13.6. The Morgan fingerprint density at radius 3 is 2.59 bits per heavy atom. The minimum atomic E-state index is -1.73. The first-order chi connectivity index (χ1) is 16.2. The summed E-state index contributed by atoms with van der Waals surface area (Å²) >= 11 is 1.16. The lowest BCUT2D eigenvalue weighted by Crippen LogP contribution is -2.40. The second-order valence-electron chi connectivity index (χ2n) is 7.20. The van der Waals surface area contributed by atoms with Crippen LogP contribution in [-0.2, 0) is 19.1 Å². The molecule has 34 heavy (non-hydrogen) atoms. The van der Waals surface area contributed by atoms with Gasteiger partial charge in [0.1, 0.15) is 0 Å². The van der Waals surface area contributed by atoms with Crippen molar-refractivity contribution >= 4 is 46.1 Å². The zero-order valence-corrected chi connectivity index (χ0v) is 19.0. The van der Waals surface area contributed by atoms with E-state index in [-0.39, 0.29) is 5.75 Å². The predicted octanol–water partition coefficient (Wildman–Crippen LogP) is 3.74. The van der Waals surface area contributed by atoms with Crippen LogP contribution in [0.3, 0.4) is 0 Å². The fraction of sp³-hybridized carbons (Fsp3) is 0.217. The lowest BCUT2D eigenvalue weighted by Gasteiger charge is -2.14. The molecule has 0 spiro atoms. The molecule has 2 N–H and O–H groups in total. The van der Waals surface area contributed by atoms with Gasteiger partial charge in [-0.25, -0.2) is 18.2 Å². The number of nitrogens with zero attached hydrogens (tertiary/aromatic N) is 1. The second-order valence-corrected chi connectivity index (χ2v) is 8.20. The van der Waals surface area contributed by atoms with Crippen LogP contribution in [-0.4, -0.2) is 41.2 Å². The Morgan fingerprint density at radius 2 is 1.82 bits per heavy atom. The Hall–Kier alpha value is -3.60. The Balaban J connectivity index is 1.45. The molecule has 2 aromatic carbocycles. The molecule has 0 fully saturated rings. The molecule has 0 bridgehead atoms. The van der Waals surface area contributed by atoms with Gasteiger partial charge in [0, 0.05) is 5.39 Å². The molecule has 3 rings (SSSR count). The molecule has 0 saturated heterocycles. The number of thioether (sulfide) groups is 1. The monoisotopic (exact) mass is 491 g/mol. The first-order valence-corrected chi connectivity index (χ1v) is 11.0. The number of amides is 2. The molecule has 1 aromatic heterocycles. The van der Waals surface area contributed by atoms with Gasteiger partial charge in [0.15, 0.2) is 23.6 Å². The van der Waals surface area contributed by atoms with Gasteiger partial charge in [0.25, 0.3) is 5.91 Å². The Bertz CT molecular complexity index is 1260. The minimum absolute atomic E-state index is 0.0850. The molecule has 0 radical (unpaired) electrons. The maximum Gasteiger partial charge on any atom is 0.317 e. The van der Waals surface area contributed by atoms with Gasteiger partial charge in [0.05, 0.1) is 28.5 Å². The number of aromatic nitrogens is 1. The van der Waals surface area contributed by atoms with Crippen molar-refractivity contribution in [3.05, 3.63) is 65.5 Å².